The Hall–Kier alpha value is -2.80. The van der Waals surface area contributed by atoms with E-state index < -0.39 is 0 Å². The molecule has 0 unspecified atom stereocenters. The van der Waals surface area contributed by atoms with Crippen LogP contribution in [0, 0.1) is 6.92 Å². The van der Waals surface area contributed by atoms with Gasteiger partial charge >= 0.3 is 0 Å². The summed E-state index contributed by atoms with van der Waals surface area (Å²) in [7, 11) is 3.40. The molecule has 1 fully saturated rings. The molecule has 0 bridgehead atoms. The maximum Gasteiger partial charge on any atom is 0.154 e. The van der Waals surface area contributed by atoms with Crippen LogP contribution >= 0.6 is 0 Å². The van der Waals surface area contributed by atoms with Crippen LogP contribution in [0.2, 0.25) is 0 Å². The second kappa shape index (κ2) is 7.44. The lowest BCUT2D eigenvalue weighted by Crippen LogP contribution is -2.46. The van der Waals surface area contributed by atoms with Crippen LogP contribution in [0.25, 0.3) is 5.52 Å². The van der Waals surface area contributed by atoms with Gasteiger partial charge in [0, 0.05) is 50.7 Å². The largest absolute Gasteiger partial charge is 0.497 e. The summed E-state index contributed by atoms with van der Waals surface area (Å²) < 4.78 is 12.8. The van der Waals surface area contributed by atoms with Gasteiger partial charge in [-0.2, -0.15) is 5.10 Å². The molecule has 7 nitrogen and oxygen atoms in total. The Bertz CT molecular complexity index is 931. The Labute approximate surface area is 159 Å². The van der Waals surface area contributed by atoms with E-state index in [9.17, 15) is 0 Å². The van der Waals surface area contributed by atoms with Crippen LogP contribution in [-0.2, 0) is 6.54 Å². The lowest BCUT2D eigenvalue weighted by molar-refractivity contribution is 0.245. The molecule has 0 amide bonds. The predicted octanol–water partition coefficient (Wildman–Crippen LogP) is 2.38. The van der Waals surface area contributed by atoms with Gasteiger partial charge in [0.1, 0.15) is 17.0 Å². The van der Waals surface area contributed by atoms with E-state index in [-0.39, 0.29) is 0 Å². The first-order chi connectivity index (χ1) is 13.2. The SMILES string of the molecule is COc1ccc(OC)c(CN2CCN(c3nccn4nc(C)cc34)CC2)c1. The molecule has 0 saturated carbocycles. The fraction of sp³-hybridized carbons (Fsp3) is 0.400. The number of rotatable bonds is 5. The van der Waals surface area contributed by atoms with Crippen molar-refractivity contribution in [3.8, 4) is 11.5 Å². The van der Waals surface area contributed by atoms with Crippen molar-refractivity contribution < 1.29 is 9.47 Å². The van der Waals surface area contributed by atoms with Crippen molar-refractivity contribution in [3.63, 3.8) is 0 Å². The third-order valence-electron chi connectivity index (χ3n) is 5.05. The summed E-state index contributed by atoms with van der Waals surface area (Å²) in [4.78, 5) is 9.40. The lowest BCUT2D eigenvalue weighted by atomic mass is 10.1. The van der Waals surface area contributed by atoms with Gasteiger partial charge in [-0.3, -0.25) is 4.90 Å². The first-order valence-electron chi connectivity index (χ1n) is 9.17. The Morgan fingerprint density at radius 3 is 2.59 bits per heavy atom. The van der Waals surface area contributed by atoms with Gasteiger partial charge in [0.05, 0.1) is 19.9 Å². The number of hydrogen-bond acceptors (Lipinski definition) is 6. The van der Waals surface area contributed by atoms with Crippen LogP contribution in [0.3, 0.4) is 0 Å². The third-order valence-corrected chi connectivity index (χ3v) is 5.05. The predicted molar refractivity (Wildman–Crippen MR) is 105 cm³/mol. The molecule has 0 aliphatic carbocycles. The van der Waals surface area contributed by atoms with E-state index in [1.54, 1.807) is 14.2 Å². The minimum absolute atomic E-state index is 0.845. The molecule has 4 rings (SSSR count). The topological polar surface area (TPSA) is 55.1 Å². The molecule has 0 N–H and O–H groups in total. The molecule has 1 saturated heterocycles. The molecule has 27 heavy (non-hydrogen) atoms. The van der Waals surface area contributed by atoms with Crippen molar-refractivity contribution in [1.82, 2.24) is 19.5 Å². The number of fused-ring (bicyclic) bond motifs is 1. The van der Waals surface area contributed by atoms with E-state index in [2.05, 4.69) is 32.0 Å². The molecule has 2 aromatic heterocycles. The number of aryl methyl sites for hydroxylation is 1. The van der Waals surface area contributed by atoms with Crippen molar-refractivity contribution in [1.29, 1.82) is 0 Å². The highest BCUT2D eigenvalue weighted by Gasteiger charge is 2.21. The molecule has 142 valence electrons. The summed E-state index contributed by atoms with van der Waals surface area (Å²) in [6, 6.07) is 8.05. The minimum atomic E-state index is 0.845. The monoisotopic (exact) mass is 367 g/mol. The van der Waals surface area contributed by atoms with Crippen LogP contribution in [0.5, 0.6) is 11.5 Å². The molecular weight excluding hydrogens is 342 g/mol. The smallest absolute Gasteiger partial charge is 0.154 e. The molecule has 1 aliphatic heterocycles. The summed E-state index contributed by atoms with van der Waals surface area (Å²) in [5.74, 6) is 2.77. The highest BCUT2D eigenvalue weighted by Crippen LogP contribution is 2.26. The van der Waals surface area contributed by atoms with E-state index in [0.717, 1.165) is 66.8 Å². The highest BCUT2D eigenvalue weighted by atomic mass is 16.5. The molecule has 1 aromatic carbocycles. The van der Waals surface area contributed by atoms with Crippen LogP contribution in [0.4, 0.5) is 5.82 Å². The third kappa shape index (κ3) is 3.55. The fourth-order valence-corrected chi connectivity index (χ4v) is 3.64. The Morgan fingerprint density at radius 1 is 1.04 bits per heavy atom. The number of piperazine rings is 1. The average molecular weight is 367 g/mol. The number of nitrogens with zero attached hydrogens (tertiary/aromatic N) is 5. The van der Waals surface area contributed by atoms with Gasteiger partial charge in [0.2, 0.25) is 0 Å². The summed E-state index contributed by atoms with van der Waals surface area (Å²) in [6.07, 6.45) is 3.72. The number of methoxy groups -OCH3 is 2. The van der Waals surface area contributed by atoms with Gasteiger partial charge in [0.25, 0.3) is 0 Å². The zero-order valence-electron chi connectivity index (χ0n) is 16.1. The van der Waals surface area contributed by atoms with Crippen LogP contribution in [0.15, 0.2) is 36.7 Å². The molecule has 0 spiro atoms. The van der Waals surface area contributed by atoms with Crippen molar-refractivity contribution in [2.24, 2.45) is 0 Å². The number of benzene rings is 1. The van der Waals surface area contributed by atoms with E-state index in [1.807, 2.05) is 36.0 Å². The molecule has 7 heteroatoms. The Morgan fingerprint density at radius 2 is 1.85 bits per heavy atom. The quantitative estimate of drug-likeness (QED) is 0.690. The number of anilines is 1. The lowest BCUT2D eigenvalue weighted by Gasteiger charge is -2.35. The highest BCUT2D eigenvalue weighted by molar-refractivity contribution is 5.69. The van der Waals surface area contributed by atoms with Gasteiger partial charge in [-0.25, -0.2) is 9.50 Å². The van der Waals surface area contributed by atoms with Crippen LogP contribution in [-0.4, -0.2) is 59.9 Å². The van der Waals surface area contributed by atoms with Crippen LogP contribution < -0.4 is 14.4 Å². The molecule has 3 aromatic rings. The van der Waals surface area contributed by atoms with Gasteiger partial charge in [-0.05, 0) is 31.2 Å². The van der Waals surface area contributed by atoms with Crippen molar-refractivity contribution in [3.05, 3.63) is 47.9 Å². The minimum Gasteiger partial charge on any atom is -0.497 e. The van der Waals surface area contributed by atoms with Crippen molar-refractivity contribution >= 4 is 11.3 Å². The van der Waals surface area contributed by atoms with Crippen molar-refractivity contribution in [2.45, 2.75) is 13.5 Å². The first kappa shape index (κ1) is 17.6. The molecule has 0 radical (unpaired) electrons. The molecular formula is C20H25N5O2. The molecule has 1 aliphatic rings. The Kier molecular flexibility index (Phi) is 4.85. The summed E-state index contributed by atoms with van der Waals surface area (Å²) in [5, 5.41) is 4.49. The van der Waals surface area contributed by atoms with Gasteiger partial charge in [-0.15, -0.1) is 0 Å². The second-order valence-electron chi connectivity index (χ2n) is 6.81. The normalized spacial score (nSPS) is 15.3. The van der Waals surface area contributed by atoms with E-state index in [0.29, 0.717) is 0 Å². The van der Waals surface area contributed by atoms with E-state index in [4.69, 9.17) is 9.47 Å². The zero-order valence-corrected chi connectivity index (χ0v) is 16.1. The number of ether oxygens (including phenoxy) is 2. The summed E-state index contributed by atoms with van der Waals surface area (Å²) in [5.41, 5.74) is 3.22. The number of aromatic nitrogens is 3. The molecule has 3 heterocycles. The maximum absolute atomic E-state index is 5.51. The second-order valence-corrected chi connectivity index (χ2v) is 6.81. The van der Waals surface area contributed by atoms with Gasteiger partial charge in [-0.1, -0.05) is 0 Å². The average Bonchev–Trinajstić information content (AvgIpc) is 3.08. The van der Waals surface area contributed by atoms with Gasteiger partial charge in [0.15, 0.2) is 5.82 Å². The summed E-state index contributed by atoms with van der Waals surface area (Å²) in [6.45, 7) is 6.66. The van der Waals surface area contributed by atoms with Crippen molar-refractivity contribution in [2.75, 3.05) is 45.3 Å². The Balaban J connectivity index is 1.46. The van der Waals surface area contributed by atoms with E-state index >= 15 is 0 Å². The van der Waals surface area contributed by atoms with Crippen LogP contribution in [0.1, 0.15) is 11.3 Å². The zero-order chi connectivity index (χ0) is 18.8. The molecule has 0 atom stereocenters. The first-order valence-corrected chi connectivity index (χ1v) is 9.17. The summed E-state index contributed by atoms with van der Waals surface area (Å²) >= 11 is 0. The van der Waals surface area contributed by atoms with Gasteiger partial charge < -0.3 is 14.4 Å². The fourth-order valence-electron chi connectivity index (χ4n) is 3.64. The standard InChI is InChI=1S/C20H25N5O2/c1-15-12-18-20(21-6-7-25(18)22-15)24-10-8-23(9-11-24)14-16-13-17(26-2)4-5-19(16)27-3/h4-7,12-13H,8-11,14H2,1-3H3. The van der Waals surface area contributed by atoms with E-state index in [1.165, 1.54) is 0 Å². The number of hydrogen-bond donors (Lipinski definition) is 0. The maximum atomic E-state index is 5.51.